The van der Waals surface area contributed by atoms with Crippen molar-refractivity contribution in [2.75, 3.05) is 7.11 Å². The normalized spacial score (nSPS) is 16.8. The van der Waals surface area contributed by atoms with Gasteiger partial charge in [0.05, 0.1) is 12.0 Å². The standard InChI is InChI=1S/C15H12N2O2S/c1-19-12-7-6-9-4-2-3-5-10(9)11(12)8-13-14(18)17-15(16)20-13/h2-8H,1H3,(H2,16,17,18). The summed E-state index contributed by atoms with van der Waals surface area (Å²) < 4.78 is 5.39. The highest BCUT2D eigenvalue weighted by Crippen LogP contribution is 2.33. The van der Waals surface area contributed by atoms with E-state index in [0.717, 1.165) is 28.1 Å². The van der Waals surface area contributed by atoms with E-state index < -0.39 is 0 Å². The fourth-order valence-electron chi connectivity index (χ4n) is 2.18. The van der Waals surface area contributed by atoms with Gasteiger partial charge in [-0.05, 0) is 34.7 Å². The molecule has 2 aromatic carbocycles. The summed E-state index contributed by atoms with van der Waals surface area (Å²) in [5.74, 6) is 0.470. The van der Waals surface area contributed by atoms with Crippen molar-refractivity contribution in [3.63, 3.8) is 0 Å². The van der Waals surface area contributed by atoms with E-state index in [-0.39, 0.29) is 11.1 Å². The highest BCUT2D eigenvalue weighted by molar-refractivity contribution is 8.18. The third kappa shape index (κ3) is 2.16. The molecule has 0 bridgehead atoms. The molecule has 0 saturated carbocycles. The minimum absolute atomic E-state index is 0.153. The number of ether oxygens (including phenoxy) is 1. The molecule has 0 atom stereocenters. The maximum atomic E-state index is 11.7. The van der Waals surface area contributed by atoms with Crippen LogP contribution in [0.4, 0.5) is 0 Å². The molecular weight excluding hydrogens is 272 g/mol. The van der Waals surface area contributed by atoms with Crippen LogP contribution in [-0.2, 0) is 4.79 Å². The van der Waals surface area contributed by atoms with Gasteiger partial charge in [-0.3, -0.25) is 10.2 Å². The number of fused-ring (bicyclic) bond motifs is 1. The van der Waals surface area contributed by atoms with E-state index in [9.17, 15) is 4.79 Å². The summed E-state index contributed by atoms with van der Waals surface area (Å²) in [6.07, 6.45) is 1.78. The Balaban J connectivity index is 2.21. The Hall–Kier alpha value is -2.27. The Morgan fingerprint density at radius 2 is 2.05 bits per heavy atom. The molecule has 3 rings (SSSR count). The van der Waals surface area contributed by atoms with Crippen LogP contribution in [0.1, 0.15) is 5.56 Å². The second-order valence-electron chi connectivity index (χ2n) is 4.30. The van der Waals surface area contributed by atoms with Crippen molar-refractivity contribution >= 4 is 39.7 Å². The molecule has 100 valence electrons. The van der Waals surface area contributed by atoms with Gasteiger partial charge in [0.2, 0.25) is 0 Å². The average molecular weight is 284 g/mol. The summed E-state index contributed by atoms with van der Waals surface area (Å²) in [4.78, 5) is 12.2. The summed E-state index contributed by atoms with van der Waals surface area (Å²) in [7, 11) is 1.61. The zero-order chi connectivity index (χ0) is 14.1. The lowest BCUT2D eigenvalue weighted by molar-refractivity contribution is -0.115. The van der Waals surface area contributed by atoms with Crippen molar-refractivity contribution in [3.8, 4) is 5.75 Å². The molecule has 0 spiro atoms. The summed E-state index contributed by atoms with van der Waals surface area (Å²) in [5.41, 5.74) is 0.859. The highest BCUT2D eigenvalue weighted by atomic mass is 32.2. The molecule has 1 aliphatic heterocycles. The minimum Gasteiger partial charge on any atom is -0.496 e. The van der Waals surface area contributed by atoms with Crippen LogP contribution >= 0.6 is 11.8 Å². The topological polar surface area (TPSA) is 62.2 Å². The number of carbonyl (C=O) groups excluding carboxylic acids is 1. The molecule has 1 heterocycles. The summed E-state index contributed by atoms with van der Waals surface area (Å²) >= 11 is 1.12. The number of rotatable bonds is 2. The van der Waals surface area contributed by atoms with Crippen LogP contribution < -0.4 is 10.1 Å². The van der Waals surface area contributed by atoms with Gasteiger partial charge in [-0.2, -0.15) is 0 Å². The number of hydrogen-bond donors (Lipinski definition) is 2. The number of amidine groups is 1. The van der Waals surface area contributed by atoms with Crippen molar-refractivity contribution in [1.82, 2.24) is 5.32 Å². The molecule has 2 aromatic rings. The Bertz CT molecular complexity index is 753. The lowest BCUT2D eigenvalue weighted by Crippen LogP contribution is -2.18. The Morgan fingerprint density at radius 3 is 2.75 bits per heavy atom. The minimum atomic E-state index is -0.241. The Morgan fingerprint density at radius 1 is 1.25 bits per heavy atom. The van der Waals surface area contributed by atoms with Gasteiger partial charge in [0, 0.05) is 5.56 Å². The summed E-state index contributed by atoms with van der Waals surface area (Å²) in [6.45, 7) is 0. The molecule has 0 unspecified atom stereocenters. The van der Waals surface area contributed by atoms with E-state index in [1.54, 1.807) is 13.2 Å². The molecule has 1 amide bonds. The quantitative estimate of drug-likeness (QED) is 0.833. The van der Waals surface area contributed by atoms with Crippen molar-refractivity contribution in [1.29, 1.82) is 5.41 Å². The second-order valence-corrected chi connectivity index (χ2v) is 5.35. The molecule has 1 aliphatic rings. The number of thioether (sulfide) groups is 1. The number of nitrogens with one attached hydrogen (secondary N) is 2. The highest BCUT2D eigenvalue weighted by Gasteiger charge is 2.23. The molecule has 2 N–H and O–H groups in total. The van der Waals surface area contributed by atoms with Crippen molar-refractivity contribution < 1.29 is 9.53 Å². The van der Waals surface area contributed by atoms with Crippen LogP contribution in [0.2, 0.25) is 0 Å². The number of carbonyl (C=O) groups is 1. The molecule has 4 nitrogen and oxygen atoms in total. The largest absolute Gasteiger partial charge is 0.496 e. The smallest absolute Gasteiger partial charge is 0.264 e. The Kier molecular flexibility index (Phi) is 3.20. The van der Waals surface area contributed by atoms with Crippen LogP contribution in [0.3, 0.4) is 0 Å². The van der Waals surface area contributed by atoms with Crippen molar-refractivity contribution in [3.05, 3.63) is 46.9 Å². The van der Waals surface area contributed by atoms with Gasteiger partial charge < -0.3 is 10.1 Å². The zero-order valence-corrected chi connectivity index (χ0v) is 11.6. The molecule has 1 fully saturated rings. The first-order valence-electron chi connectivity index (χ1n) is 6.04. The first-order chi connectivity index (χ1) is 9.69. The SMILES string of the molecule is COc1ccc2ccccc2c1C=C1SC(=N)NC1=O. The fraction of sp³-hybridized carbons (Fsp3) is 0.0667. The number of amides is 1. The summed E-state index contributed by atoms with van der Waals surface area (Å²) in [5, 5.41) is 12.2. The van der Waals surface area contributed by atoms with E-state index >= 15 is 0 Å². The third-order valence-electron chi connectivity index (χ3n) is 3.09. The molecule has 0 radical (unpaired) electrons. The number of methoxy groups -OCH3 is 1. The maximum absolute atomic E-state index is 11.7. The monoisotopic (exact) mass is 284 g/mol. The van der Waals surface area contributed by atoms with Gasteiger partial charge in [-0.1, -0.05) is 30.3 Å². The van der Waals surface area contributed by atoms with E-state index in [1.807, 2.05) is 36.4 Å². The van der Waals surface area contributed by atoms with Gasteiger partial charge in [-0.15, -0.1) is 0 Å². The molecule has 1 saturated heterocycles. The van der Waals surface area contributed by atoms with Crippen LogP contribution in [0.15, 0.2) is 41.3 Å². The van der Waals surface area contributed by atoms with Crippen LogP contribution in [-0.4, -0.2) is 18.2 Å². The molecule has 0 aromatic heterocycles. The van der Waals surface area contributed by atoms with Crippen molar-refractivity contribution in [2.45, 2.75) is 0 Å². The molecule has 20 heavy (non-hydrogen) atoms. The van der Waals surface area contributed by atoms with Gasteiger partial charge >= 0.3 is 0 Å². The van der Waals surface area contributed by atoms with Gasteiger partial charge in [0.1, 0.15) is 5.75 Å². The number of benzene rings is 2. The first-order valence-corrected chi connectivity index (χ1v) is 6.86. The van der Waals surface area contributed by atoms with E-state index in [2.05, 4.69) is 5.32 Å². The lowest BCUT2D eigenvalue weighted by atomic mass is 10.0. The maximum Gasteiger partial charge on any atom is 0.264 e. The van der Waals surface area contributed by atoms with Crippen LogP contribution in [0.25, 0.3) is 16.8 Å². The fourth-order valence-corrected chi connectivity index (χ4v) is 2.86. The van der Waals surface area contributed by atoms with Gasteiger partial charge in [0.25, 0.3) is 5.91 Å². The Labute approximate surface area is 120 Å². The van der Waals surface area contributed by atoms with E-state index in [4.69, 9.17) is 10.1 Å². The van der Waals surface area contributed by atoms with Gasteiger partial charge in [-0.25, -0.2) is 0 Å². The predicted molar refractivity (Wildman–Crippen MR) is 81.9 cm³/mol. The molecular formula is C15H12N2O2S. The second kappa shape index (κ2) is 5.02. The van der Waals surface area contributed by atoms with Gasteiger partial charge in [0.15, 0.2) is 5.17 Å². The molecule has 0 aliphatic carbocycles. The predicted octanol–water partition coefficient (Wildman–Crippen LogP) is 2.99. The van der Waals surface area contributed by atoms with Crippen LogP contribution in [0, 0.1) is 5.41 Å². The third-order valence-corrected chi connectivity index (χ3v) is 3.92. The van der Waals surface area contributed by atoms with E-state index in [1.165, 1.54) is 0 Å². The first kappa shape index (κ1) is 12.7. The summed E-state index contributed by atoms with van der Waals surface area (Å²) in [6, 6.07) is 11.8. The average Bonchev–Trinajstić information content (AvgIpc) is 2.77. The van der Waals surface area contributed by atoms with Crippen LogP contribution in [0.5, 0.6) is 5.75 Å². The lowest BCUT2D eigenvalue weighted by Gasteiger charge is -2.09. The molecule has 5 heteroatoms. The number of hydrogen-bond acceptors (Lipinski definition) is 4. The van der Waals surface area contributed by atoms with Crippen molar-refractivity contribution in [2.24, 2.45) is 0 Å². The van der Waals surface area contributed by atoms with E-state index in [0.29, 0.717) is 10.7 Å². The zero-order valence-electron chi connectivity index (χ0n) is 10.8.